The Bertz CT molecular complexity index is 684. The highest BCUT2D eigenvalue weighted by Crippen LogP contribution is 2.36. The third-order valence-electron chi connectivity index (χ3n) is 4.58. The minimum Gasteiger partial charge on any atom is -0.480 e. The van der Waals surface area contributed by atoms with Gasteiger partial charge in [0.25, 0.3) is 11.8 Å². The molecule has 0 spiro atoms. The molecule has 0 saturated heterocycles. The molecular weight excluding hydrogens is 332 g/mol. The molecular formula is C20H28N2O4. The van der Waals surface area contributed by atoms with Crippen molar-refractivity contribution in [2.24, 2.45) is 10.8 Å². The molecule has 26 heavy (non-hydrogen) atoms. The second kappa shape index (κ2) is 7.19. The average molecular weight is 360 g/mol. The monoisotopic (exact) mass is 360 g/mol. The zero-order valence-electron chi connectivity index (χ0n) is 16.1. The number of hydrogen-bond acceptors (Lipinski definition) is 4. The molecule has 6 heteroatoms. The molecule has 2 amide bonds. The van der Waals surface area contributed by atoms with E-state index in [0.717, 1.165) is 6.42 Å². The SMILES string of the molecule is CC(C)(C)CC(C)(C)[C@H](NCCN1C(=O)c2ccccc2C1=O)C(=O)O. The number of aliphatic carboxylic acids is 1. The van der Waals surface area contributed by atoms with Crippen molar-refractivity contribution in [2.75, 3.05) is 13.1 Å². The van der Waals surface area contributed by atoms with Gasteiger partial charge >= 0.3 is 5.97 Å². The van der Waals surface area contributed by atoms with Crippen LogP contribution in [0.5, 0.6) is 0 Å². The molecule has 1 aliphatic rings. The molecule has 1 aliphatic heterocycles. The summed E-state index contributed by atoms with van der Waals surface area (Å²) in [6.45, 7) is 10.4. The van der Waals surface area contributed by atoms with Crippen LogP contribution in [0.15, 0.2) is 24.3 Å². The number of nitrogens with zero attached hydrogens (tertiary/aromatic N) is 1. The summed E-state index contributed by atoms with van der Waals surface area (Å²) in [7, 11) is 0. The number of rotatable bonds is 7. The van der Waals surface area contributed by atoms with Crippen LogP contribution in [0.4, 0.5) is 0 Å². The molecule has 1 aromatic carbocycles. The lowest BCUT2D eigenvalue weighted by atomic mass is 9.72. The molecule has 0 fully saturated rings. The third-order valence-corrected chi connectivity index (χ3v) is 4.58. The van der Waals surface area contributed by atoms with Crippen LogP contribution in [0.3, 0.4) is 0 Å². The maximum absolute atomic E-state index is 12.4. The molecule has 1 heterocycles. The minimum atomic E-state index is -0.929. The van der Waals surface area contributed by atoms with Crippen molar-refractivity contribution in [1.29, 1.82) is 0 Å². The summed E-state index contributed by atoms with van der Waals surface area (Å²) >= 11 is 0. The van der Waals surface area contributed by atoms with E-state index in [4.69, 9.17) is 0 Å². The van der Waals surface area contributed by atoms with Crippen LogP contribution < -0.4 is 5.32 Å². The van der Waals surface area contributed by atoms with Gasteiger partial charge in [-0.05, 0) is 29.4 Å². The molecule has 6 nitrogen and oxygen atoms in total. The lowest BCUT2D eigenvalue weighted by molar-refractivity contribution is -0.143. The number of imide groups is 1. The van der Waals surface area contributed by atoms with Crippen LogP contribution in [-0.4, -0.2) is 46.9 Å². The van der Waals surface area contributed by atoms with Crippen molar-refractivity contribution < 1.29 is 19.5 Å². The van der Waals surface area contributed by atoms with Gasteiger partial charge in [0, 0.05) is 13.1 Å². The number of fused-ring (bicyclic) bond motifs is 1. The average Bonchev–Trinajstić information content (AvgIpc) is 2.73. The third kappa shape index (κ3) is 4.30. The fraction of sp³-hybridized carbons (Fsp3) is 0.550. The highest BCUT2D eigenvalue weighted by molar-refractivity contribution is 6.21. The van der Waals surface area contributed by atoms with Gasteiger partial charge in [-0.2, -0.15) is 0 Å². The summed E-state index contributed by atoms with van der Waals surface area (Å²) < 4.78 is 0. The van der Waals surface area contributed by atoms with Crippen LogP contribution >= 0.6 is 0 Å². The molecule has 0 saturated carbocycles. The Morgan fingerprint density at radius 1 is 1.08 bits per heavy atom. The van der Waals surface area contributed by atoms with Gasteiger partial charge in [-0.3, -0.25) is 19.3 Å². The second-order valence-corrected chi connectivity index (χ2v) is 8.76. The smallest absolute Gasteiger partial charge is 0.321 e. The van der Waals surface area contributed by atoms with Gasteiger partial charge in [-0.1, -0.05) is 46.8 Å². The maximum Gasteiger partial charge on any atom is 0.321 e. The molecule has 0 bridgehead atoms. The van der Waals surface area contributed by atoms with Crippen LogP contribution in [0.25, 0.3) is 0 Å². The summed E-state index contributed by atoms with van der Waals surface area (Å²) in [6, 6.07) is 5.95. The summed E-state index contributed by atoms with van der Waals surface area (Å²) in [5.41, 5.74) is 0.314. The predicted octanol–water partition coefficient (Wildman–Crippen LogP) is 2.79. The van der Waals surface area contributed by atoms with Crippen molar-refractivity contribution in [3.05, 3.63) is 35.4 Å². The number of benzene rings is 1. The van der Waals surface area contributed by atoms with Gasteiger partial charge in [-0.25, -0.2) is 0 Å². The molecule has 1 atom stereocenters. The topological polar surface area (TPSA) is 86.7 Å². The molecule has 0 aromatic heterocycles. The number of amides is 2. The van der Waals surface area contributed by atoms with Crippen LogP contribution in [0.2, 0.25) is 0 Å². The van der Waals surface area contributed by atoms with Crippen molar-refractivity contribution in [3.63, 3.8) is 0 Å². The number of nitrogens with one attached hydrogen (secondary N) is 1. The van der Waals surface area contributed by atoms with E-state index < -0.39 is 17.4 Å². The van der Waals surface area contributed by atoms with Crippen LogP contribution in [0, 0.1) is 10.8 Å². The molecule has 2 rings (SSSR count). The summed E-state index contributed by atoms with van der Waals surface area (Å²) in [4.78, 5) is 37.7. The lowest BCUT2D eigenvalue weighted by Crippen LogP contribution is -2.51. The molecule has 142 valence electrons. The zero-order valence-corrected chi connectivity index (χ0v) is 16.1. The lowest BCUT2D eigenvalue weighted by Gasteiger charge is -2.37. The minimum absolute atomic E-state index is 0.0125. The Balaban J connectivity index is 2.02. The fourth-order valence-electron chi connectivity index (χ4n) is 3.93. The van der Waals surface area contributed by atoms with Crippen molar-refractivity contribution in [1.82, 2.24) is 10.2 Å². The van der Waals surface area contributed by atoms with Crippen molar-refractivity contribution in [2.45, 2.75) is 47.1 Å². The van der Waals surface area contributed by atoms with Gasteiger partial charge in [0.05, 0.1) is 11.1 Å². The predicted molar refractivity (Wildman–Crippen MR) is 99.1 cm³/mol. The number of carboxylic acid groups (broad SMARTS) is 1. The molecule has 2 N–H and O–H groups in total. The Morgan fingerprint density at radius 3 is 2.00 bits per heavy atom. The number of carbonyl (C=O) groups excluding carboxylic acids is 2. The summed E-state index contributed by atoms with van der Waals surface area (Å²) in [5.74, 6) is -1.58. The number of carboxylic acids is 1. The van der Waals surface area contributed by atoms with Crippen molar-refractivity contribution in [3.8, 4) is 0 Å². The first kappa shape index (κ1) is 20.1. The van der Waals surface area contributed by atoms with E-state index >= 15 is 0 Å². The van der Waals surface area contributed by atoms with Gasteiger partial charge in [0.1, 0.15) is 6.04 Å². The zero-order chi connectivity index (χ0) is 19.7. The first-order valence-corrected chi connectivity index (χ1v) is 8.85. The Kier molecular flexibility index (Phi) is 5.56. The van der Waals surface area contributed by atoms with E-state index in [1.54, 1.807) is 24.3 Å². The Morgan fingerprint density at radius 2 is 1.58 bits per heavy atom. The molecule has 1 aromatic rings. The Hall–Kier alpha value is -2.21. The molecule has 0 radical (unpaired) electrons. The first-order chi connectivity index (χ1) is 11.9. The standard InChI is InChI=1S/C20H28N2O4/c1-19(2,3)12-20(4,5)15(18(25)26)21-10-11-22-16(23)13-8-6-7-9-14(13)17(22)24/h6-9,15,21H,10-12H2,1-5H3,(H,25,26)/t15-/m1/s1. The fourth-order valence-corrected chi connectivity index (χ4v) is 3.93. The van der Waals surface area contributed by atoms with Crippen LogP contribution in [-0.2, 0) is 4.79 Å². The first-order valence-electron chi connectivity index (χ1n) is 8.85. The van der Waals surface area contributed by atoms with E-state index in [0.29, 0.717) is 11.1 Å². The second-order valence-electron chi connectivity index (χ2n) is 8.76. The number of hydrogen-bond donors (Lipinski definition) is 2. The van der Waals surface area contributed by atoms with Crippen LogP contribution in [0.1, 0.15) is 61.8 Å². The van der Waals surface area contributed by atoms with Crippen molar-refractivity contribution >= 4 is 17.8 Å². The molecule has 0 aliphatic carbocycles. The largest absolute Gasteiger partial charge is 0.480 e. The Labute approximate surface area is 154 Å². The number of carbonyl (C=O) groups is 3. The normalized spacial score (nSPS) is 16.0. The van der Waals surface area contributed by atoms with Gasteiger partial charge in [-0.15, -0.1) is 0 Å². The van der Waals surface area contributed by atoms with E-state index in [1.807, 2.05) is 13.8 Å². The van der Waals surface area contributed by atoms with E-state index in [2.05, 4.69) is 26.1 Å². The summed E-state index contributed by atoms with van der Waals surface area (Å²) in [5, 5.41) is 12.7. The van der Waals surface area contributed by atoms with E-state index in [9.17, 15) is 19.5 Å². The summed E-state index contributed by atoms with van der Waals surface area (Å²) in [6.07, 6.45) is 0.719. The van der Waals surface area contributed by atoms with Gasteiger partial charge in [0.2, 0.25) is 0 Å². The maximum atomic E-state index is 12.4. The quantitative estimate of drug-likeness (QED) is 0.730. The highest BCUT2D eigenvalue weighted by atomic mass is 16.4. The van der Waals surface area contributed by atoms with Gasteiger partial charge < -0.3 is 10.4 Å². The molecule has 0 unspecified atom stereocenters. The highest BCUT2D eigenvalue weighted by Gasteiger charge is 2.39. The van der Waals surface area contributed by atoms with E-state index in [-0.39, 0.29) is 30.3 Å². The van der Waals surface area contributed by atoms with Gasteiger partial charge in [0.15, 0.2) is 0 Å². The van der Waals surface area contributed by atoms with E-state index in [1.165, 1.54) is 4.90 Å².